The van der Waals surface area contributed by atoms with Gasteiger partial charge in [0.25, 0.3) is 0 Å². The van der Waals surface area contributed by atoms with E-state index in [1.165, 1.54) is 6.07 Å². The van der Waals surface area contributed by atoms with Crippen LogP contribution in [-0.2, 0) is 0 Å². The zero-order valence-corrected chi connectivity index (χ0v) is 8.44. The summed E-state index contributed by atoms with van der Waals surface area (Å²) in [6.07, 6.45) is 0. The topological polar surface area (TPSA) is 40.7 Å². The van der Waals surface area contributed by atoms with Crippen molar-refractivity contribution in [1.29, 1.82) is 0 Å². The van der Waals surface area contributed by atoms with E-state index in [1.807, 2.05) is 6.92 Å². The number of halogens is 2. The third-order valence-electron chi connectivity index (χ3n) is 2.37. The number of hydrogen-bond acceptors (Lipinski definition) is 2. The molecule has 0 aliphatic rings. The molecule has 0 spiro atoms. The molecule has 2 N–H and O–H groups in total. The van der Waals surface area contributed by atoms with Crippen LogP contribution in [0.3, 0.4) is 0 Å². The van der Waals surface area contributed by atoms with E-state index in [4.69, 9.17) is 0 Å². The number of aromatic amines is 1. The molecule has 0 amide bonds. The third kappa shape index (κ3) is 1.70. The van der Waals surface area contributed by atoms with Gasteiger partial charge < -0.3 is 10.3 Å². The van der Waals surface area contributed by atoms with Gasteiger partial charge in [0.2, 0.25) is 0 Å². The fraction of sp³-hybridized carbons (Fsp3) is 0.300. The minimum Gasteiger partial charge on any atom is -0.340 e. The molecule has 5 heteroatoms. The van der Waals surface area contributed by atoms with Crippen molar-refractivity contribution in [3.63, 3.8) is 0 Å². The van der Waals surface area contributed by atoms with Gasteiger partial charge in [-0.15, -0.1) is 0 Å². The van der Waals surface area contributed by atoms with Gasteiger partial charge in [-0.05, 0) is 20.0 Å². The van der Waals surface area contributed by atoms with Crippen LogP contribution in [0.4, 0.5) is 8.78 Å². The lowest BCUT2D eigenvalue weighted by atomic mass is 10.3. The van der Waals surface area contributed by atoms with Crippen LogP contribution in [0.1, 0.15) is 18.8 Å². The number of hydrogen-bond donors (Lipinski definition) is 2. The van der Waals surface area contributed by atoms with Crippen molar-refractivity contribution < 1.29 is 8.78 Å². The highest BCUT2D eigenvalue weighted by atomic mass is 19.1. The number of fused-ring (bicyclic) bond motifs is 1. The number of aromatic nitrogens is 2. The van der Waals surface area contributed by atoms with Crippen molar-refractivity contribution in [2.24, 2.45) is 0 Å². The van der Waals surface area contributed by atoms with Gasteiger partial charge >= 0.3 is 0 Å². The van der Waals surface area contributed by atoms with E-state index in [2.05, 4.69) is 15.3 Å². The lowest BCUT2D eigenvalue weighted by Crippen LogP contribution is -2.13. The Bertz CT molecular complexity index is 493. The average molecular weight is 211 g/mol. The second-order valence-corrected chi connectivity index (χ2v) is 3.42. The minimum atomic E-state index is -0.643. The van der Waals surface area contributed by atoms with E-state index in [0.717, 1.165) is 6.07 Å². The summed E-state index contributed by atoms with van der Waals surface area (Å²) in [5.74, 6) is -0.653. The third-order valence-corrected chi connectivity index (χ3v) is 2.37. The molecule has 0 fully saturated rings. The summed E-state index contributed by atoms with van der Waals surface area (Å²) >= 11 is 0. The first-order chi connectivity index (χ1) is 7.11. The van der Waals surface area contributed by atoms with Gasteiger partial charge in [-0.2, -0.15) is 0 Å². The summed E-state index contributed by atoms with van der Waals surface area (Å²) in [7, 11) is 1.77. The molecule has 0 bridgehead atoms. The molecule has 0 aliphatic heterocycles. The van der Waals surface area contributed by atoms with Crippen LogP contribution >= 0.6 is 0 Å². The van der Waals surface area contributed by atoms with Gasteiger partial charge in [0.05, 0.1) is 11.6 Å². The number of nitrogens with zero attached hydrogens (tertiary/aromatic N) is 1. The summed E-state index contributed by atoms with van der Waals surface area (Å²) < 4.78 is 26.2. The molecule has 1 unspecified atom stereocenters. The predicted octanol–water partition coefficient (Wildman–Crippen LogP) is 2.12. The standard InChI is InChI=1S/C10H11F2N3/c1-5(13-2)10-14-8-4-6(11)3-7(12)9(8)15-10/h3-5,13H,1-2H3,(H,14,15). The Morgan fingerprint density at radius 1 is 1.40 bits per heavy atom. The van der Waals surface area contributed by atoms with Crippen molar-refractivity contribution in [3.8, 4) is 0 Å². The summed E-state index contributed by atoms with van der Waals surface area (Å²) in [4.78, 5) is 6.94. The van der Waals surface area contributed by atoms with E-state index in [0.29, 0.717) is 11.3 Å². The fourth-order valence-corrected chi connectivity index (χ4v) is 1.40. The summed E-state index contributed by atoms with van der Waals surface area (Å²) in [5.41, 5.74) is 0.554. The first-order valence-corrected chi connectivity index (χ1v) is 4.63. The number of H-pyrrole nitrogens is 1. The van der Waals surface area contributed by atoms with Crippen molar-refractivity contribution in [1.82, 2.24) is 15.3 Å². The molecule has 1 heterocycles. The molecule has 1 aromatic heterocycles. The van der Waals surface area contributed by atoms with Crippen molar-refractivity contribution in [2.45, 2.75) is 13.0 Å². The molecule has 2 aromatic rings. The molecule has 0 saturated heterocycles. The normalized spacial score (nSPS) is 13.3. The first-order valence-electron chi connectivity index (χ1n) is 4.63. The zero-order chi connectivity index (χ0) is 11.0. The van der Waals surface area contributed by atoms with Gasteiger partial charge in [0.1, 0.15) is 17.2 Å². The Balaban J connectivity index is 2.60. The van der Waals surface area contributed by atoms with Gasteiger partial charge in [0.15, 0.2) is 5.82 Å². The van der Waals surface area contributed by atoms with E-state index in [-0.39, 0.29) is 11.6 Å². The quantitative estimate of drug-likeness (QED) is 0.798. The van der Waals surface area contributed by atoms with Crippen LogP contribution in [0.5, 0.6) is 0 Å². The van der Waals surface area contributed by atoms with Crippen molar-refractivity contribution in [2.75, 3.05) is 7.05 Å². The maximum absolute atomic E-state index is 13.3. The second kappa shape index (κ2) is 3.58. The fourth-order valence-electron chi connectivity index (χ4n) is 1.40. The van der Waals surface area contributed by atoms with Crippen LogP contribution in [0.15, 0.2) is 12.1 Å². The van der Waals surface area contributed by atoms with Gasteiger partial charge in [-0.25, -0.2) is 13.8 Å². The van der Waals surface area contributed by atoms with Crippen molar-refractivity contribution >= 4 is 11.0 Å². The smallest absolute Gasteiger partial charge is 0.153 e. The van der Waals surface area contributed by atoms with Gasteiger partial charge in [-0.3, -0.25) is 0 Å². The van der Waals surface area contributed by atoms with Crippen LogP contribution in [0.25, 0.3) is 11.0 Å². The number of rotatable bonds is 2. The Morgan fingerprint density at radius 2 is 2.13 bits per heavy atom. The monoisotopic (exact) mass is 211 g/mol. The Morgan fingerprint density at radius 3 is 2.80 bits per heavy atom. The molecule has 80 valence electrons. The maximum atomic E-state index is 13.3. The molecule has 0 saturated carbocycles. The minimum absolute atomic E-state index is 0.0279. The zero-order valence-electron chi connectivity index (χ0n) is 8.44. The highest BCUT2D eigenvalue weighted by molar-refractivity contribution is 5.75. The van der Waals surface area contributed by atoms with Crippen LogP contribution < -0.4 is 5.32 Å². The van der Waals surface area contributed by atoms with E-state index >= 15 is 0 Å². The maximum Gasteiger partial charge on any atom is 0.153 e. The summed E-state index contributed by atoms with van der Waals surface area (Å²) in [6, 6.07) is 2.04. The SMILES string of the molecule is CNC(C)c1nc2c(F)cc(F)cc2[nH]1. The van der Waals surface area contributed by atoms with Crippen LogP contribution in [0, 0.1) is 11.6 Å². The molecule has 1 atom stereocenters. The molecular weight excluding hydrogens is 200 g/mol. The Labute approximate surface area is 85.5 Å². The molecular formula is C10H11F2N3. The molecule has 2 rings (SSSR count). The van der Waals surface area contributed by atoms with Crippen LogP contribution in [-0.4, -0.2) is 17.0 Å². The average Bonchev–Trinajstić information content (AvgIpc) is 2.60. The lowest BCUT2D eigenvalue weighted by Gasteiger charge is -2.04. The first kappa shape index (κ1) is 10.0. The second-order valence-electron chi connectivity index (χ2n) is 3.42. The highest BCUT2D eigenvalue weighted by Crippen LogP contribution is 2.19. The molecule has 0 aliphatic carbocycles. The van der Waals surface area contributed by atoms with E-state index < -0.39 is 11.6 Å². The molecule has 1 aromatic carbocycles. The molecule has 15 heavy (non-hydrogen) atoms. The number of nitrogens with one attached hydrogen (secondary N) is 2. The summed E-state index contributed by atoms with van der Waals surface area (Å²) in [5, 5.41) is 2.97. The number of benzene rings is 1. The van der Waals surface area contributed by atoms with E-state index in [9.17, 15) is 8.78 Å². The van der Waals surface area contributed by atoms with Gasteiger partial charge in [-0.1, -0.05) is 0 Å². The van der Waals surface area contributed by atoms with Gasteiger partial charge in [0, 0.05) is 6.07 Å². The number of imidazole rings is 1. The summed E-state index contributed by atoms with van der Waals surface area (Å²) in [6.45, 7) is 1.88. The molecule has 0 radical (unpaired) electrons. The lowest BCUT2D eigenvalue weighted by molar-refractivity contribution is 0.590. The Kier molecular flexibility index (Phi) is 2.40. The van der Waals surface area contributed by atoms with E-state index in [1.54, 1.807) is 7.05 Å². The molecule has 3 nitrogen and oxygen atoms in total. The Hall–Kier alpha value is -1.49. The predicted molar refractivity (Wildman–Crippen MR) is 53.5 cm³/mol. The van der Waals surface area contributed by atoms with Crippen molar-refractivity contribution in [3.05, 3.63) is 29.6 Å². The largest absolute Gasteiger partial charge is 0.340 e. The highest BCUT2D eigenvalue weighted by Gasteiger charge is 2.12. The van der Waals surface area contributed by atoms with Crippen LogP contribution in [0.2, 0.25) is 0 Å².